The van der Waals surface area contributed by atoms with Crippen LogP contribution in [0.2, 0.25) is 0 Å². The van der Waals surface area contributed by atoms with Crippen LogP contribution in [0.15, 0.2) is 61.2 Å². The normalized spacial score (nSPS) is 10.6. The molecule has 3 rings (SSSR count). The van der Waals surface area contributed by atoms with E-state index in [0.717, 1.165) is 28.3 Å². The van der Waals surface area contributed by atoms with Crippen LogP contribution in [0.4, 0.5) is 0 Å². The smallest absolute Gasteiger partial charge is 0.220 e. The summed E-state index contributed by atoms with van der Waals surface area (Å²) in [6.45, 7) is 5.56. The van der Waals surface area contributed by atoms with Crippen LogP contribution in [0.3, 0.4) is 0 Å². The van der Waals surface area contributed by atoms with E-state index in [-0.39, 0.29) is 5.91 Å². The van der Waals surface area contributed by atoms with E-state index < -0.39 is 0 Å². The summed E-state index contributed by atoms with van der Waals surface area (Å²) in [4.78, 5) is 16.3. The number of hydrogen-bond acceptors (Lipinski definition) is 4. The molecule has 3 aromatic rings. The van der Waals surface area contributed by atoms with E-state index in [1.54, 1.807) is 12.5 Å². The van der Waals surface area contributed by atoms with Crippen LogP contribution in [0.5, 0.6) is 11.5 Å². The summed E-state index contributed by atoms with van der Waals surface area (Å²) in [6, 6.07) is 13.9. The van der Waals surface area contributed by atoms with Crippen molar-refractivity contribution in [3.63, 3.8) is 0 Å². The predicted molar refractivity (Wildman–Crippen MR) is 113 cm³/mol. The number of benzene rings is 2. The summed E-state index contributed by atoms with van der Waals surface area (Å²) in [6.07, 6.45) is 6.48. The Labute approximate surface area is 171 Å². The minimum atomic E-state index is 0.0236. The number of aromatic nitrogens is 2. The molecule has 1 aromatic heterocycles. The zero-order valence-electron chi connectivity index (χ0n) is 16.9. The molecule has 6 nitrogen and oxygen atoms in total. The number of rotatable bonds is 10. The molecule has 1 N–H and O–H groups in total. The van der Waals surface area contributed by atoms with Crippen LogP contribution < -0.4 is 14.8 Å². The van der Waals surface area contributed by atoms with Crippen LogP contribution in [0.25, 0.3) is 5.69 Å². The fourth-order valence-corrected chi connectivity index (χ4v) is 3.00. The molecule has 0 fully saturated rings. The topological polar surface area (TPSA) is 65.4 Å². The Morgan fingerprint density at radius 2 is 1.72 bits per heavy atom. The fraction of sp³-hybridized carbons (Fsp3) is 0.304. The Hall–Kier alpha value is -3.28. The maximum atomic E-state index is 12.2. The van der Waals surface area contributed by atoms with Gasteiger partial charge >= 0.3 is 0 Å². The molecule has 1 heterocycles. The highest BCUT2D eigenvalue weighted by atomic mass is 16.5. The summed E-state index contributed by atoms with van der Waals surface area (Å²) >= 11 is 0. The Bertz CT molecular complexity index is 906. The Morgan fingerprint density at radius 1 is 1.00 bits per heavy atom. The van der Waals surface area contributed by atoms with Gasteiger partial charge in [0.1, 0.15) is 0 Å². The molecule has 0 spiro atoms. The molecular formula is C23H27N3O3. The number of imidazole rings is 1. The molecule has 29 heavy (non-hydrogen) atoms. The van der Waals surface area contributed by atoms with Crippen molar-refractivity contribution in [2.24, 2.45) is 0 Å². The quantitative estimate of drug-likeness (QED) is 0.567. The molecule has 0 saturated carbocycles. The van der Waals surface area contributed by atoms with Crippen LogP contribution in [-0.2, 0) is 17.8 Å². The van der Waals surface area contributed by atoms with Crippen molar-refractivity contribution in [1.82, 2.24) is 14.9 Å². The first-order valence-electron chi connectivity index (χ1n) is 9.92. The lowest BCUT2D eigenvalue weighted by atomic mass is 10.1. The van der Waals surface area contributed by atoms with Gasteiger partial charge in [-0.1, -0.05) is 18.2 Å². The molecule has 0 aliphatic rings. The van der Waals surface area contributed by atoms with E-state index in [0.29, 0.717) is 32.6 Å². The number of hydrogen-bond donors (Lipinski definition) is 1. The maximum absolute atomic E-state index is 12.2. The van der Waals surface area contributed by atoms with Gasteiger partial charge in [-0.2, -0.15) is 0 Å². The summed E-state index contributed by atoms with van der Waals surface area (Å²) < 4.78 is 13.2. The van der Waals surface area contributed by atoms with Gasteiger partial charge in [0, 0.05) is 31.0 Å². The van der Waals surface area contributed by atoms with Crippen molar-refractivity contribution in [2.45, 2.75) is 33.2 Å². The average molecular weight is 393 g/mol. The molecule has 0 aliphatic carbocycles. The monoisotopic (exact) mass is 393 g/mol. The number of nitrogens with one attached hydrogen (secondary N) is 1. The lowest BCUT2D eigenvalue weighted by molar-refractivity contribution is -0.121. The molecule has 2 aromatic carbocycles. The van der Waals surface area contributed by atoms with E-state index >= 15 is 0 Å². The Balaban J connectivity index is 1.49. The van der Waals surface area contributed by atoms with Crippen LogP contribution in [-0.4, -0.2) is 28.7 Å². The van der Waals surface area contributed by atoms with Crippen molar-refractivity contribution >= 4 is 5.91 Å². The van der Waals surface area contributed by atoms with Crippen molar-refractivity contribution in [3.8, 4) is 17.2 Å². The van der Waals surface area contributed by atoms with Gasteiger partial charge in [0.2, 0.25) is 5.91 Å². The fourth-order valence-electron chi connectivity index (χ4n) is 3.00. The first-order chi connectivity index (χ1) is 14.2. The average Bonchev–Trinajstić information content (AvgIpc) is 3.28. The zero-order valence-corrected chi connectivity index (χ0v) is 16.9. The third-order valence-corrected chi connectivity index (χ3v) is 4.48. The van der Waals surface area contributed by atoms with Crippen molar-refractivity contribution < 1.29 is 14.3 Å². The first-order valence-corrected chi connectivity index (χ1v) is 9.92. The number of ether oxygens (including phenoxy) is 2. The SMILES string of the molecule is CCOc1ccc(CCC(=O)NCc2ccc(-n3ccnc3)cc2)cc1OCC. The number of amides is 1. The molecule has 0 atom stereocenters. The minimum absolute atomic E-state index is 0.0236. The highest BCUT2D eigenvalue weighted by molar-refractivity contribution is 5.76. The van der Waals surface area contributed by atoms with Crippen molar-refractivity contribution in [2.75, 3.05) is 13.2 Å². The van der Waals surface area contributed by atoms with Gasteiger partial charge in [0.15, 0.2) is 11.5 Å². The first kappa shape index (κ1) is 20.5. The van der Waals surface area contributed by atoms with E-state index in [2.05, 4.69) is 10.3 Å². The summed E-state index contributed by atoms with van der Waals surface area (Å²) in [5, 5.41) is 2.98. The zero-order chi connectivity index (χ0) is 20.5. The number of carbonyl (C=O) groups excluding carboxylic acids is 1. The molecule has 0 aliphatic heterocycles. The van der Waals surface area contributed by atoms with Crippen LogP contribution in [0, 0.1) is 0 Å². The minimum Gasteiger partial charge on any atom is -0.490 e. The lowest BCUT2D eigenvalue weighted by Gasteiger charge is -2.12. The standard InChI is InChI=1S/C23H27N3O3/c1-3-28-21-11-7-18(15-22(21)29-4-2)8-12-23(27)25-16-19-5-9-20(10-6-19)26-14-13-24-17-26/h5-7,9-11,13-15,17H,3-4,8,12,16H2,1-2H3,(H,25,27). The molecule has 152 valence electrons. The van der Waals surface area contributed by atoms with Crippen molar-refractivity contribution in [3.05, 3.63) is 72.3 Å². The number of aryl methyl sites for hydroxylation is 1. The second-order valence-corrected chi connectivity index (χ2v) is 6.56. The molecular weight excluding hydrogens is 366 g/mol. The third-order valence-electron chi connectivity index (χ3n) is 4.48. The molecule has 0 bridgehead atoms. The lowest BCUT2D eigenvalue weighted by Crippen LogP contribution is -2.23. The molecule has 0 radical (unpaired) electrons. The van der Waals surface area contributed by atoms with E-state index in [1.807, 2.05) is 67.1 Å². The van der Waals surface area contributed by atoms with Gasteiger partial charge in [0.05, 0.1) is 19.5 Å². The number of carbonyl (C=O) groups is 1. The highest BCUT2D eigenvalue weighted by Crippen LogP contribution is 2.29. The highest BCUT2D eigenvalue weighted by Gasteiger charge is 2.08. The van der Waals surface area contributed by atoms with Gasteiger partial charge in [-0.25, -0.2) is 4.98 Å². The molecule has 6 heteroatoms. The second kappa shape index (κ2) is 10.3. The van der Waals surface area contributed by atoms with E-state index in [1.165, 1.54) is 0 Å². The van der Waals surface area contributed by atoms with Gasteiger partial charge in [0.25, 0.3) is 0 Å². The van der Waals surface area contributed by atoms with Gasteiger partial charge in [-0.3, -0.25) is 4.79 Å². The van der Waals surface area contributed by atoms with E-state index in [9.17, 15) is 4.79 Å². The van der Waals surface area contributed by atoms with Crippen molar-refractivity contribution in [1.29, 1.82) is 0 Å². The van der Waals surface area contributed by atoms with Crippen LogP contribution >= 0.6 is 0 Å². The maximum Gasteiger partial charge on any atom is 0.220 e. The second-order valence-electron chi connectivity index (χ2n) is 6.56. The summed E-state index contributed by atoms with van der Waals surface area (Å²) in [5.41, 5.74) is 3.15. The van der Waals surface area contributed by atoms with Crippen LogP contribution in [0.1, 0.15) is 31.4 Å². The Morgan fingerprint density at radius 3 is 2.41 bits per heavy atom. The Kier molecular flexibility index (Phi) is 7.28. The van der Waals surface area contributed by atoms with Gasteiger partial charge in [-0.05, 0) is 55.7 Å². The molecule has 1 amide bonds. The largest absolute Gasteiger partial charge is 0.490 e. The summed E-state index contributed by atoms with van der Waals surface area (Å²) in [5.74, 6) is 1.49. The summed E-state index contributed by atoms with van der Waals surface area (Å²) in [7, 11) is 0. The predicted octanol–water partition coefficient (Wildman–Crippen LogP) is 3.92. The van der Waals surface area contributed by atoms with E-state index in [4.69, 9.17) is 9.47 Å². The van der Waals surface area contributed by atoms with Gasteiger partial charge in [-0.15, -0.1) is 0 Å². The molecule has 0 unspecified atom stereocenters. The number of nitrogens with zero attached hydrogens (tertiary/aromatic N) is 2. The molecule has 0 saturated heterocycles. The van der Waals surface area contributed by atoms with Gasteiger partial charge < -0.3 is 19.4 Å². The third kappa shape index (κ3) is 5.85.